The Labute approximate surface area is 151 Å². The van der Waals surface area contributed by atoms with E-state index in [1.165, 1.54) is 0 Å². The van der Waals surface area contributed by atoms with Gasteiger partial charge in [-0.2, -0.15) is 5.26 Å². The number of ketones is 1. The molecular weight excluding hydrogens is 326 g/mol. The number of nitrogens with zero attached hydrogens (tertiary/aromatic N) is 3. The quantitative estimate of drug-likeness (QED) is 0.687. The van der Waals surface area contributed by atoms with Gasteiger partial charge in [0.05, 0.1) is 23.5 Å². The number of aromatic nitrogens is 2. The first-order chi connectivity index (χ1) is 12.5. The fourth-order valence-corrected chi connectivity index (χ4v) is 3.19. The lowest BCUT2D eigenvalue weighted by molar-refractivity contribution is 0.0809. The Kier molecular flexibility index (Phi) is 3.69. The van der Waals surface area contributed by atoms with E-state index in [9.17, 15) is 4.79 Å². The fraction of sp³-hybridized carbons (Fsp3) is 0.238. The second-order valence-electron chi connectivity index (χ2n) is 7.13. The third-order valence-electron chi connectivity index (χ3n) is 4.82. The van der Waals surface area contributed by atoms with Crippen LogP contribution < -0.4 is 0 Å². The van der Waals surface area contributed by atoms with E-state index in [1.54, 1.807) is 30.5 Å². The molecule has 4 rings (SSSR count). The van der Waals surface area contributed by atoms with Crippen LogP contribution in [0.4, 0.5) is 0 Å². The van der Waals surface area contributed by atoms with Crippen LogP contribution >= 0.6 is 0 Å². The van der Waals surface area contributed by atoms with E-state index in [-0.39, 0.29) is 11.2 Å². The molecule has 0 atom stereocenters. The molecule has 2 aromatic heterocycles. The number of pyridine rings is 1. The van der Waals surface area contributed by atoms with Crippen LogP contribution in [0.25, 0.3) is 22.9 Å². The molecule has 3 aromatic rings. The van der Waals surface area contributed by atoms with Crippen LogP contribution in [0.2, 0.25) is 0 Å². The van der Waals surface area contributed by atoms with E-state index in [0.717, 1.165) is 24.1 Å². The van der Waals surface area contributed by atoms with E-state index < -0.39 is 0 Å². The van der Waals surface area contributed by atoms with Gasteiger partial charge in [0.2, 0.25) is 5.89 Å². The zero-order chi connectivity index (χ0) is 18.3. The summed E-state index contributed by atoms with van der Waals surface area (Å²) >= 11 is 0. The average molecular weight is 343 g/mol. The summed E-state index contributed by atoms with van der Waals surface area (Å²) in [5.74, 6) is 1.12. The summed E-state index contributed by atoms with van der Waals surface area (Å²) in [5.41, 5.74) is 3.12. The number of oxazole rings is 1. The van der Waals surface area contributed by atoms with Gasteiger partial charge in [0.1, 0.15) is 5.69 Å². The SMILES string of the molecule is CC1(C)CCc2nc(-c3ncc(-c4cccc(C#N)c4)o3)ccc2C1=O. The Bertz CT molecular complexity index is 1060. The minimum absolute atomic E-state index is 0.138. The van der Waals surface area contributed by atoms with Crippen molar-refractivity contribution in [3.63, 3.8) is 0 Å². The predicted octanol–water partition coefficient (Wildman–Crippen LogP) is 4.43. The van der Waals surface area contributed by atoms with Crippen molar-refractivity contribution in [2.45, 2.75) is 26.7 Å². The van der Waals surface area contributed by atoms with E-state index >= 15 is 0 Å². The van der Waals surface area contributed by atoms with Crippen molar-refractivity contribution in [2.75, 3.05) is 0 Å². The largest absolute Gasteiger partial charge is 0.435 e. The second-order valence-corrected chi connectivity index (χ2v) is 7.13. The van der Waals surface area contributed by atoms with Gasteiger partial charge in [0.25, 0.3) is 0 Å². The normalized spacial score (nSPS) is 15.3. The van der Waals surface area contributed by atoms with Gasteiger partial charge in [-0.05, 0) is 37.1 Å². The van der Waals surface area contributed by atoms with Gasteiger partial charge in [-0.1, -0.05) is 26.0 Å². The lowest BCUT2D eigenvalue weighted by atomic mass is 9.75. The molecule has 0 bridgehead atoms. The third-order valence-corrected chi connectivity index (χ3v) is 4.82. The summed E-state index contributed by atoms with van der Waals surface area (Å²) in [6.07, 6.45) is 3.17. The van der Waals surface area contributed by atoms with Gasteiger partial charge in [-0.25, -0.2) is 9.97 Å². The number of aryl methyl sites for hydroxylation is 1. The van der Waals surface area contributed by atoms with Crippen LogP contribution in [0.5, 0.6) is 0 Å². The maximum absolute atomic E-state index is 12.5. The number of nitriles is 1. The van der Waals surface area contributed by atoms with Crippen LogP contribution in [-0.4, -0.2) is 15.8 Å². The summed E-state index contributed by atoms with van der Waals surface area (Å²) < 4.78 is 5.85. The highest BCUT2D eigenvalue weighted by Crippen LogP contribution is 2.35. The first-order valence-corrected chi connectivity index (χ1v) is 8.49. The highest BCUT2D eigenvalue weighted by molar-refractivity contribution is 6.02. The maximum atomic E-state index is 12.5. The number of hydrogen-bond donors (Lipinski definition) is 0. The summed E-state index contributed by atoms with van der Waals surface area (Å²) in [5, 5.41) is 9.03. The van der Waals surface area contributed by atoms with Crippen molar-refractivity contribution >= 4 is 5.78 Å². The molecule has 0 N–H and O–H groups in total. The molecule has 0 radical (unpaired) electrons. The van der Waals surface area contributed by atoms with Gasteiger partial charge >= 0.3 is 0 Å². The maximum Gasteiger partial charge on any atom is 0.245 e. The molecule has 0 spiro atoms. The second kappa shape index (κ2) is 5.92. The van der Waals surface area contributed by atoms with Crippen molar-refractivity contribution in [3.05, 3.63) is 59.4 Å². The molecule has 2 heterocycles. The molecular formula is C21H17N3O2. The molecule has 0 amide bonds. The summed E-state index contributed by atoms with van der Waals surface area (Å²) in [6, 6.07) is 12.9. The van der Waals surface area contributed by atoms with Gasteiger partial charge < -0.3 is 4.42 Å². The first kappa shape index (κ1) is 16.2. The monoisotopic (exact) mass is 343 g/mol. The van der Waals surface area contributed by atoms with E-state index in [2.05, 4.69) is 16.0 Å². The van der Waals surface area contributed by atoms with E-state index in [4.69, 9.17) is 9.68 Å². The molecule has 0 saturated heterocycles. The van der Waals surface area contributed by atoms with Crippen LogP contribution in [0.3, 0.4) is 0 Å². The van der Waals surface area contributed by atoms with E-state index in [1.807, 2.05) is 26.0 Å². The van der Waals surface area contributed by atoms with Gasteiger partial charge in [0.15, 0.2) is 11.5 Å². The lowest BCUT2D eigenvalue weighted by Crippen LogP contribution is -2.31. The number of fused-ring (bicyclic) bond motifs is 1. The van der Waals surface area contributed by atoms with Crippen LogP contribution in [0.1, 0.15) is 41.9 Å². The number of carbonyl (C=O) groups is 1. The molecule has 1 aromatic carbocycles. The predicted molar refractivity (Wildman–Crippen MR) is 96.3 cm³/mol. The molecule has 1 aliphatic rings. The number of carbonyl (C=O) groups excluding carboxylic acids is 1. The Hall–Kier alpha value is -3.26. The molecule has 5 heteroatoms. The fourth-order valence-electron chi connectivity index (χ4n) is 3.19. The Morgan fingerprint density at radius 1 is 1.23 bits per heavy atom. The lowest BCUT2D eigenvalue weighted by Gasteiger charge is -2.28. The summed E-state index contributed by atoms with van der Waals surface area (Å²) in [6.45, 7) is 3.95. The molecule has 0 saturated carbocycles. The molecule has 26 heavy (non-hydrogen) atoms. The molecule has 0 unspecified atom stereocenters. The molecule has 5 nitrogen and oxygen atoms in total. The van der Waals surface area contributed by atoms with Gasteiger partial charge in [0, 0.05) is 16.5 Å². The van der Waals surface area contributed by atoms with Crippen molar-refractivity contribution in [3.8, 4) is 29.0 Å². The Morgan fingerprint density at radius 2 is 2.08 bits per heavy atom. The van der Waals surface area contributed by atoms with Crippen molar-refractivity contribution in [1.29, 1.82) is 5.26 Å². The smallest absolute Gasteiger partial charge is 0.245 e. The standard InChI is InChI=1S/C21H17N3O2/c1-21(2)9-8-16-15(19(21)25)6-7-17(24-16)20-23-12-18(26-20)14-5-3-4-13(10-14)11-22/h3-7,10,12H,8-9H2,1-2H3. The van der Waals surface area contributed by atoms with Crippen molar-refractivity contribution in [1.82, 2.24) is 9.97 Å². The van der Waals surface area contributed by atoms with E-state index in [0.29, 0.717) is 28.5 Å². The zero-order valence-corrected chi connectivity index (χ0v) is 14.6. The molecule has 0 fully saturated rings. The Balaban J connectivity index is 1.69. The number of hydrogen-bond acceptors (Lipinski definition) is 5. The zero-order valence-electron chi connectivity index (χ0n) is 14.6. The number of benzene rings is 1. The molecule has 1 aliphatic carbocycles. The van der Waals surface area contributed by atoms with Gasteiger partial charge in [-0.3, -0.25) is 4.79 Å². The molecule has 0 aliphatic heterocycles. The first-order valence-electron chi connectivity index (χ1n) is 8.49. The van der Waals surface area contributed by atoms with Crippen LogP contribution in [0.15, 0.2) is 47.0 Å². The van der Waals surface area contributed by atoms with Gasteiger partial charge in [-0.15, -0.1) is 0 Å². The number of Topliss-reactive ketones (excluding diaryl/α,β-unsaturated/α-hetero) is 1. The summed E-state index contributed by atoms with van der Waals surface area (Å²) in [4.78, 5) is 21.5. The average Bonchev–Trinajstić information content (AvgIpc) is 3.15. The van der Waals surface area contributed by atoms with Crippen LogP contribution in [-0.2, 0) is 6.42 Å². The minimum atomic E-state index is -0.335. The summed E-state index contributed by atoms with van der Waals surface area (Å²) in [7, 11) is 0. The highest BCUT2D eigenvalue weighted by atomic mass is 16.4. The van der Waals surface area contributed by atoms with Crippen molar-refractivity contribution in [2.24, 2.45) is 5.41 Å². The Morgan fingerprint density at radius 3 is 2.88 bits per heavy atom. The molecule has 128 valence electrons. The third kappa shape index (κ3) is 2.70. The van der Waals surface area contributed by atoms with Crippen molar-refractivity contribution < 1.29 is 9.21 Å². The highest BCUT2D eigenvalue weighted by Gasteiger charge is 2.35. The number of rotatable bonds is 2. The minimum Gasteiger partial charge on any atom is -0.435 e. The topological polar surface area (TPSA) is 79.8 Å². The van der Waals surface area contributed by atoms with Crippen LogP contribution in [0, 0.1) is 16.7 Å².